The van der Waals surface area contributed by atoms with Crippen molar-refractivity contribution >= 4 is 20.0 Å². The molecule has 0 bridgehead atoms. The molecule has 20 heavy (non-hydrogen) atoms. The van der Waals surface area contributed by atoms with Gasteiger partial charge in [-0.2, -0.15) is 0 Å². The van der Waals surface area contributed by atoms with Gasteiger partial charge in [-0.05, 0) is 22.2 Å². The van der Waals surface area contributed by atoms with Crippen LogP contribution in [-0.4, -0.2) is 43.9 Å². The lowest BCUT2D eigenvalue weighted by Crippen LogP contribution is -2.44. The number of aliphatic hydroxyl groups is 1. The molecule has 0 heterocycles. The van der Waals surface area contributed by atoms with E-state index in [1.54, 1.807) is 6.92 Å². The van der Waals surface area contributed by atoms with E-state index in [9.17, 15) is 9.90 Å². The van der Waals surface area contributed by atoms with Crippen molar-refractivity contribution in [2.75, 3.05) is 6.61 Å². The monoisotopic (exact) mass is 303 g/mol. The van der Waals surface area contributed by atoms with Crippen molar-refractivity contribution in [2.24, 2.45) is 0 Å². The molecule has 0 aliphatic heterocycles. The van der Waals surface area contributed by atoms with Gasteiger partial charge in [0.15, 0.2) is 0 Å². The third-order valence-corrected chi connectivity index (χ3v) is 8.29. The minimum atomic E-state index is -1.91. The number of hydrogen-bond acceptors (Lipinski definition) is 5. The molecule has 0 aromatic rings. The molecule has 0 amide bonds. The Balaban J connectivity index is 4.51. The van der Waals surface area contributed by atoms with E-state index in [1.165, 1.54) is 0 Å². The highest BCUT2D eigenvalue weighted by Gasteiger charge is 2.28. The summed E-state index contributed by atoms with van der Waals surface area (Å²) in [6, 6.07) is 0. The average molecular weight is 303 g/mol. The van der Waals surface area contributed by atoms with Crippen LogP contribution in [0.2, 0.25) is 18.1 Å². The lowest BCUT2D eigenvalue weighted by Gasteiger charge is -2.50. The van der Waals surface area contributed by atoms with Crippen LogP contribution in [-0.2, 0) is 14.0 Å². The maximum atomic E-state index is 11.4. The van der Waals surface area contributed by atoms with Crippen LogP contribution < -0.4 is 0 Å². The van der Waals surface area contributed by atoms with Gasteiger partial charge in [0.2, 0.25) is 0 Å². The van der Waals surface area contributed by atoms with E-state index in [1.807, 2.05) is 6.92 Å². The molecular formula is C14H29NO4Si-. The van der Waals surface area contributed by atoms with E-state index in [4.69, 9.17) is 14.6 Å². The first-order valence-electron chi connectivity index (χ1n) is 7.03. The summed E-state index contributed by atoms with van der Waals surface area (Å²) in [5.41, 5.74) is -0.405. The smallest absolute Gasteiger partial charge is 0.354 e. The Morgan fingerprint density at radius 3 is 2.25 bits per heavy atom. The highest BCUT2D eigenvalue weighted by Crippen LogP contribution is 2.37. The Hall–Kier alpha value is -0.723. The lowest BCUT2D eigenvalue weighted by molar-refractivity contribution is -0.135. The summed E-state index contributed by atoms with van der Waals surface area (Å²) >= 11 is 0. The van der Waals surface area contributed by atoms with Gasteiger partial charge in [0.05, 0.1) is 6.61 Å². The van der Waals surface area contributed by atoms with Gasteiger partial charge in [-0.3, -0.25) is 5.41 Å². The second-order valence-electron chi connectivity index (χ2n) is 6.57. The first-order valence-corrected chi connectivity index (χ1v) is 9.94. The fourth-order valence-corrected chi connectivity index (χ4v) is 2.96. The number of ether oxygens (including phenoxy) is 1. The molecule has 0 rings (SSSR count). The van der Waals surface area contributed by atoms with E-state index in [0.29, 0.717) is 0 Å². The second-order valence-corrected chi connectivity index (χ2v) is 11.3. The van der Waals surface area contributed by atoms with Gasteiger partial charge < -0.3 is 14.3 Å². The summed E-state index contributed by atoms with van der Waals surface area (Å²) in [5, 5.41) is 17.6. The molecule has 0 radical (unpaired) electrons. The normalized spacial score (nSPS) is 15.6. The molecule has 2 atom stereocenters. The van der Waals surface area contributed by atoms with Crippen molar-refractivity contribution in [1.82, 2.24) is 0 Å². The third kappa shape index (κ3) is 5.72. The molecule has 0 aromatic carbocycles. The second kappa shape index (κ2) is 7.33. The predicted molar refractivity (Wildman–Crippen MR) is 82.7 cm³/mol. The van der Waals surface area contributed by atoms with Crippen molar-refractivity contribution in [3.63, 3.8) is 0 Å². The predicted octanol–water partition coefficient (Wildman–Crippen LogP) is 2.73. The van der Waals surface area contributed by atoms with Crippen molar-refractivity contribution in [3.05, 3.63) is 0 Å². The number of rotatable bonds is 7. The Bertz CT molecular complexity index is 350. The van der Waals surface area contributed by atoms with E-state index in [-0.39, 0.29) is 24.2 Å². The molecule has 6 heteroatoms. The van der Waals surface area contributed by atoms with Gasteiger partial charge in [-0.25, -0.2) is 4.79 Å². The van der Waals surface area contributed by atoms with Gasteiger partial charge >= 0.3 is 5.97 Å². The van der Waals surface area contributed by atoms with Crippen molar-refractivity contribution in [1.29, 1.82) is 5.41 Å². The Morgan fingerprint density at radius 2 is 1.85 bits per heavy atom. The van der Waals surface area contributed by atoms with Gasteiger partial charge in [-0.1, -0.05) is 20.8 Å². The van der Waals surface area contributed by atoms with E-state index < -0.39 is 26.1 Å². The minimum absolute atomic E-state index is 0.0842. The Kier molecular flexibility index (Phi) is 7.07. The number of nitrogens with one attached hydrogen (secondary N) is 1. The largest absolute Gasteiger partial charge is 0.562 e. The summed E-state index contributed by atoms with van der Waals surface area (Å²) in [7, 11) is -1.91. The summed E-state index contributed by atoms with van der Waals surface area (Å²) < 4.78 is 10.8. The fourth-order valence-electron chi connectivity index (χ4n) is 1.50. The maximum Gasteiger partial charge on any atom is 0.354 e. The van der Waals surface area contributed by atoms with E-state index in [0.717, 1.165) is 0 Å². The molecule has 1 unspecified atom stereocenters. The van der Waals surface area contributed by atoms with Crippen LogP contribution in [0.1, 0.15) is 41.0 Å². The van der Waals surface area contributed by atoms with Crippen LogP contribution in [0.5, 0.6) is 0 Å². The standard InChI is InChI=1S/C14H29NO4Si/c1-8-18-13(17)12(15)11(16)9-10(2)19-20(6,7)14(3,4)5/h10-11,15-16H,8-9H2,1-7H3/q-1/t10-,11?/m0/s1. The zero-order valence-electron chi connectivity index (χ0n) is 13.7. The molecule has 0 aromatic heterocycles. The highest BCUT2D eigenvalue weighted by atomic mass is 28.4. The topological polar surface area (TPSA) is 79.6 Å². The van der Waals surface area contributed by atoms with Crippen LogP contribution >= 0.6 is 0 Å². The zero-order chi connectivity index (χ0) is 16.1. The number of carbonyl (C=O) groups excluding carboxylic acids is 1. The van der Waals surface area contributed by atoms with Crippen LogP contribution in [0.25, 0.3) is 0 Å². The molecule has 0 aliphatic carbocycles. The molecule has 5 nitrogen and oxygen atoms in total. The number of carbonyl (C=O) groups is 1. The van der Waals surface area contributed by atoms with Crippen LogP contribution in [0.3, 0.4) is 0 Å². The summed E-state index contributed by atoms with van der Waals surface area (Å²) in [6.07, 6.45) is -1.13. The molecule has 119 valence electrons. The molecule has 0 aliphatic rings. The highest BCUT2D eigenvalue weighted by molar-refractivity contribution is 6.74. The van der Waals surface area contributed by atoms with Gasteiger partial charge in [-0.15, -0.1) is 18.1 Å². The Labute approximate surface area is 123 Å². The molecule has 2 N–H and O–H groups in total. The first-order chi connectivity index (χ1) is 8.92. The first kappa shape index (κ1) is 19.3. The molecule has 0 fully saturated rings. The van der Waals surface area contributed by atoms with Gasteiger partial charge in [0.1, 0.15) is 11.8 Å². The molecular weight excluding hydrogens is 274 g/mol. The third-order valence-electron chi connectivity index (χ3n) is 3.69. The quantitative estimate of drug-likeness (QED) is 0.430. The number of aliphatic hydroxyl groups excluding tert-OH is 1. The van der Waals surface area contributed by atoms with Crippen LogP contribution in [0, 0.1) is 5.41 Å². The molecule has 0 saturated heterocycles. The SMILES string of the molecule is CCOC(=O)C(=N)C(O)C[C@H](C)O[Si-](C)(C)C(C)(C)C. The van der Waals surface area contributed by atoms with Crippen molar-refractivity contribution < 1.29 is 19.1 Å². The van der Waals surface area contributed by atoms with Gasteiger partial charge in [0.25, 0.3) is 0 Å². The average Bonchev–Trinajstić information content (AvgIpc) is 2.25. The van der Waals surface area contributed by atoms with Crippen LogP contribution in [0.4, 0.5) is 0 Å². The molecule has 0 saturated carbocycles. The lowest BCUT2D eigenvalue weighted by atomic mass is 10.1. The summed E-state index contributed by atoms with van der Waals surface area (Å²) in [5.74, 6) is -0.764. The van der Waals surface area contributed by atoms with Crippen molar-refractivity contribution in [3.8, 4) is 0 Å². The number of esters is 1. The summed E-state index contributed by atoms with van der Waals surface area (Å²) in [4.78, 5) is 11.4. The fraction of sp³-hybridized carbons (Fsp3) is 0.857. The Morgan fingerprint density at radius 1 is 1.35 bits per heavy atom. The molecule has 0 spiro atoms. The summed E-state index contributed by atoms with van der Waals surface area (Å²) in [6.45, 7) is 14.4. The minimum Gasteiger partial charge on any atom is -0.562 e. The van der Waals surface area contributed by atoms with E-state index >= 15 is 0 Å². The van der Waals surface area contributed by atoms with E-state index in [2.05, 4.69) is 33.9 Å². The van der Waals surface area contributed by atoms with Gasteiger partial charge in [0, 0.05) is 12.5 Å². The van der Waals surface area contributed by atoms with Crippen LogP contribution in [0.15, 0.2) is 0 Å². The maximum absolute atomic E-state index is 11.4. The zero-order valence-corrected chi connectivity index (χ0v) is 14.7. The number of hydrogen-bond donors (Lipinski definition) is 2. The van der Waals surface area contributed by atoms with Crippen molar-refractivity contribution in [2.45, 2.75) is 71.4 Å².